The summed E-state index contributed by atoms with van der Waals surface area (Å²) in [6.45, 7) is 4.65. The summed E-state index contributed by atoms with van der Waals surface area (Å²) in [5.41, 5.74) is 0. The summed E-state index contributed by atoms with van der Waals surface area (Å²) >= 11 is 0. The van der Waals surface area contributed by atoms with Crippen LogP contribution in [0.1, 0.15) is 33.1 Å². The molecule has 0 nitrogen and oxygen atoms in total. The molecule has 0 amide bonds. The van der Waals surface area contributed by atoms with Crippen LogP contribution in [0.15, 0.2) is 0 Å². The highest BCUT2D eigenvalue weighted by Gasteiger charge is 2.19. The van der Waals surface area contributed by atoms with Crippen molar-refractivity contribution < 1.29 is 4.39 Å². The van der Waals surface area contributed by atoms with E-state index in [1.54, 1.807) is 0 Å². The molecule has 0 spiro atoms. The average molecular weight is 132 g/mol. The number of hydrogen-bond acceptors (Lipinski definition) is 0. The van der Waals surface area contributed by atoms with Crippen LogP contribution < -0.4 is 0 Å². The Morgan fingerprint density at radius 1 is 1.22 bits per heavy atom. The molecule has 56 valence electrons. The zero-order chi connectivity index (χ0) is 7.28. The van der Waals surface area contributed by atoms with Crippen molar-refractivity contribution in [1.29, 1.82) is 0 Å². The summed E-state index contributed by atoms with van der Waals surface area (Å²) in [5, 5.41) is 0. The second kappa shape index (κ2) is 4.78. The molecule has 0 heterocycles. The van der Waals surface area contributed by atoms with Crippen LogP contribution in [0.5, 0.6) is 0 Å². The highest BCUT2D eigenvalue weighted by atomic mass is 19.1. The van der Waals surface area contributed by atoms with Gasteiger partial charge in [-0.15, -0.1) is 0 Å². The lowest BCUT2D eigenvalue weighted by Gasteiger charge is -2.28. The molecule has 0 aromatic heterocycles. The van der Waals surface area contributed by atoms with Crippen molar-refractivity contribution >= 4 is 0 Å². The molecule has 0 bridgehead atoms. The smallest absolute Gasteiger partial charge is 0.0785 e. The first-order valence-corrected chi connectivity index (χ1v) is 3.68. The van der Waals surface area contributed by atoms with Gasteiger partial charge in [-0.3, -0.25) is 4.39 Å². The molecule has 0 saturated heterocycles. The first-order valence-electron chi connectivity index (χ1n) is 3.68. The van der Waals surface area contributed by atoms with Gasteiger partial charge in [0.05, 0.1) is 7.18 Å². The van der Waals surface area contributed by atoms with Crippen LogP contribution in [0, 0.1) is 11.8 Å². The molecule has 0 aromatic rings. The minimum Gasteiger partial charge on any atom is -0.255 e. The van der Waals surface area contributed by atoms with Gasteiger partial charge in [-0.25, -0.2) is 0 Å². The summed E-state index contributed by atoms with van der Waals surface area (Å²) in [5.74, 6) is 2.04. The van der Waals surface area contributed by atoms with Crippen molar-refractivity contribution in [3.8, 4) is 0 Å². The topological polar surface area (TPSA) is 0 Å². The van der Waals surface area contributed by atoms with E-state index in [2.05, 4.69) is 13.8 Å². The Morgan fingerprint density at radius 3 is 1.67 bits per heavy atom. The molecule has 1 rings (SSSR count). The van der Waals surface area contributed by atoms with E-state index in [-0.39, 0.29) is 0 Å². The average Bonchev–Trinajstić information content (AvgIpc) is 1.65. The monoisotopic (exact) mass is 132 g/mol. The van der Waals surface area contributed by atoms with Crippen molar-refractivity contribution in [2.45, 2.75) is 33.1 Å². The predicted molar refractivity (Wildman–Crippen MR) is 39.2 cm³/mol. The molecule has 9 heavy (non-hydrogen) atoms. The van der Waals surface area contributed by atoms with Gasteiger partial charge < -0.3 is 0 Å². The molecule has 1 heteroatoms. The Bertz CT molecular complexity index is 55.6. The summed E-state index contributed by atoms with van der Waals surface area (Å²) in [6.07, 6.45) is 4.48. The summed E-state index contributed by atoms with van der Waals surface area (Å²) in [4.78, 5) is 0. The Morgan fingerprint density at radius 2 is 1.67 bits per heavy atom. The van der Waals surface area contributed by atoms with Gasteiger partial charge in [-0.05, 0) is 11.8 Å². The Hall–Kier alpha value is -0.0700. The highest BCUT2D eigenvalue weighted by Crippen LogP contribution is 2.32. The van der Waals surface area contributed by atoms with Gasteiger partial charge in [0, 0.05) is 0 Å². The van der Waals surface area contributed by atoms with Crippen LogP contribution in [-0.4, -0.2) is 7.18 Å². The molecule has 0 aromatic carbocycles. The van der Waals surface area contributed by atoms with E-state index >= 15 is 0 Å². The molecule has 0 radical (unpaired) electrons. The van der Waals surface area contributed by atoms with Crippen LogP contribution in [0.25, 0.3) is 0 Å². The summed E-state index contributed by atoms with van der Waals surface area (Å²) in [6, 6.07) is 0. The Balaban J connectivity index is 0.000000291. The van der Waals surface area contributed by atoms with Crippen molar-refractivity contribution in [2.24, 2.45) is 11.8 Å². The number of hydrogen-bond donors (Lipinski definition) is 0. The van der Waals surface area contributed by atoms with Crippen molar-refractivity contribution in [1.82, 2.24) is 0 Å². The van der Waals surface area contributed by atoms with Gasteiger partial charge in [0.15, 0.2) is 0 Å². The highest BCUT2D eigenvalue weighted by molar-refractivity contribution is 4.71. The van der Waals surface area contributed by atoms with Gasteiger partial charge in [0.1, 0.15) is 0 Å². The third-order valence-corrected chi connectivity index (χ3v) is 2.09. The van der Waals surface area contributed by atoms with Gasteiger partial charge in [0.25, 0.3) is 0 Å². The maximum absolute atomic E-state index is 9.50. The van der Waals surface area contributed by atoms with Crippen molar-refractivity contribution in [3.63, 3.8) is 0 Å². The molecule has 0 aliphatic heterocycles. The van der Waals surface area contributed by atoms with Crippen LogP contribution >= 0.6 is 0 Å². The van der Waals surface area contributed by atoms with E-state index in [0.29, 0.717) is 7.18 Å². The summed E-state index contributed by atoms with van der Waals surface area (Å²) in [7, 11) is 0.500. The molecule has 1 aliphatic carbocycles. The van der Waals surface area contributed by atoms with Crippen LogP contribution in [0.3, 0.4) is 0 Å². The molecule has 0 atom stereocenters. The second-order valence-corrected chi connectivity index (χ2v) is 2.94. The fourth-order valence-electron chi connectivity index (χ4n) is 1.11. The minimum absolute atomic E-state index is 0.500. The van der Waals surface area contributed by atoms with Crippen LogP contribution in [0.4, 0.5) is 4.39 Å². The van der Waals surface area contributed by atoms with Crippen LogP contribution in [0.2, 0.25) is 0 Å². The van der Waals surface area contributed by atoms with E-state index < -0.39 is 0 Å². The number of halogens is 1. The molecule has 1 saturated carbocycles. The van der Waals surface area contributed by atoms with E-state index in [4.69, 9.17) is 0 Å². The van der Waals surface area contributed by atoms with Gasteiger partial charge in [-0.2, -0.15) is 0 Å². The van der Waals surface area contributed by atoms with E-state index in [1.165, 1.54) is 19.3 Å². The molecule has 1 fully saturated rings. The zero-order valence-corrected chi connectivity index (χ0v) is 6.65. The van der Waals surface area contributed by atoms with Gasteiger partial charge in [-0.1, -0.05) is 33.1 Å². The van der Waals surface area contributed by atoms with E-state index in [1.807, 2.05) is 0 Å². The lowest BCUT2D eigenvalue weighted by Crippen LogP contribution is -2.16. The maximum Gasteiger partial charge on any atom is 0.0785 e. The molecular formula is C8H17F. The van der Waals surface area contributed by atoms with Crippen molar-refractivity contribution in [3.05, 3.63) is 0 Å². The van der Waals surface area contributed by atoms with Gasteiger partial charge >= 0.3 is 0 Å². The predicted octanol–water partition coefficient (Wildman–Crippen LogP) is 3.03. The Labute approximate surface area is 57.5 Å². The lowest BCUT2D eigenvalue weighted by molar-refractivity contribution is 0.235. The largest absolute Gasteiger partial charge is 0.255 e. The van der Waals surface area contributed by atoms with Crippen molar-refractivity contribution in [2.75, 3.05) is 7.18 Å². The van der Waals surface area contributed by atoms with E-state index in [9.17, 15) is 4.39 Å². The fourth-order valence-corrected chi connectivity index (χ4v) is 1.11. The van der Waals surface area contributed by atoms with Crippen LogP contribution in [-0.2, 0) is 0 Å². The number of rotatable bonds is 1. The SMILES string of the molecule is CC(C)C1CCC1.CF. The fraction of sp³-hybridized carbons (Fsp3) is 1.00. The van der Waals surface area contributed by atoms with Gasteiger partial charge in [0.2, 0.25) is 0 Å². The lowest BCUT2D eigenvalue weighted by atomic mass is 9.78. The Kier molecular flexibility index (Phi) is 4.74. The molecule has 0 N–H and O–H groups in total. The summed E-state index contributed by atoms with van der Waals surface area (Å²) < 4.78 is 9.50. The first kappa shape index (κ1) is 8.93. The third kappa shape index (κ3) is 2.83. The standard InChI is InChI=1S/C7H14.CH3F/c1-6(2)7-4-3-5-7;1-2/h6-7H,3-5H2,1-2H3;1H3. The first-order chi connectivity index (χ1) is 4.30. The minimum atomic E-state index is 0.500. The second-order valence-electron chi connectivity index (χ2n) is 2.94. The number of alkyl halides is 1. The van der Waals surface area contributed by atoms with E-state index in [0.717, 1.165) is 11.8 Å². The normalized spacial score (nSPS) is 18.3. The molecule has 0 unspecified atom stereocenters. The molecule has 1 aliphatic rings. The molecular weight excluding hydrogens is 115 g/mol. The third-order valence-electron chi connectivity index (χ3n) is 2.09. The maximum atomic E-state index is 9.50. The quantitative estimate of drug-likeness (QED) is 0.514. The zero-order valence-electron chi connectivity index (χ0n) is 6.65.